The van der Waals surface area contributed by atoms with E-state index >= 15 is 0 Å². The lowest BCUT2D eigenvalue weighted by molar-refractivity contribution is -0.135. The number of carbonyl (C=O) groups excluding carboxylic acids is 1. The van der Waals surface area contributed by atoms with Crippen LogP contribution in [0.1, 0.15) is 12.8 Å². The van der Waals surface area contributed by atoms with Crippen molar-refractivity contribution >= 4 is 22.0 Å². The normalized spacial score (nSPS) is 27.1. The molecule has 84 valence electrons. The van der Waals surface area contributed by atoms with E-state index in [2.05, 4.69) is 0 Å². The van der Waals surface area contributed by atoms with E-state index in [1.54, 1.807) is 4.90 Å². The third-order valence-electron chi connectivity index (χ3n) is 3.37. The molecule has 0 atom stereocenters. The first-order valence-corrected chi connectivity index (χ1v) is 6.78. The highest BCUT2D eigenvalue weighted by atomic mass is 32.2. The summed E-state index contributed by atoms with van der Waals surface area (Å²) in [7, 11) is -2.82. The van der Waals surface area contributed by atoms with Crippen molar-refractivity contribution in [3.63, 3.8) is 0 Å². The van der Waals surface area contributed by atoms with Gasteiger partial charge in [-0.2, -0.15) is 0 Å². The lowest BCUT2D eigenvalue weighted by Crippen LogP contribution is -2.61. The molecule has 1 amide bonds. The average Bonchev–Trinajstić information content (AvgIpc) is 2.14. The molecule has 1 spiro atoms. The number of rotatable bonds is 1. The van der Waals surface area contributed by atoms with Crippen molar-refractivity contribution < 1.29 is 13.2 Å². The molecule has 0 aliphatic carbocycles. The van der Waals surface area contributed by atoms with Gasteiger partial charge < -0.3 is 10.3 Å². The lowest BCUT2D eigenvalue weighted by Gasteiger charge is -2.51. The molecule has 2 saturated heterocycles. The van der Waals surface area contributed by atoms with Gasteiger partial charge in [0, 0.05) is 18.5 Å². The predicted molar refractivity (Wildman–Crippen MR) is 55.7 cm³/mol. The van der Waals surface area contributed by atoms with Gasteiger partial charge in [-0.15, -0.1) is 0 Å². The van der Waals surface area contributed by atoms with E-state index in [1.165, 1.54) is 0 Å². The van der Waals surface area contributed by atoms with E-state index in [0.29, 0.717) is 25.9 Å². The Kier molecular flexibility index (Phi) is 2.33. The second-order valence-electron chi connectivity index (χ2n) is 4.49. The number of carbonyl (C=O) groups is 1. The molecule has 0 aromatic carbocycles. The molecule has 0 bridgehead atoms. The van der Waals surface area contributed by atoms with E-state index in [-0.39, 0.29) is 22.8 Å². The molecule has 2 heterocycles. The summed E-state index contributed by atoms with van der Waals surface area (Å²) in [5.41, 5.74) is 0.0317. The second kappa shape index (κ2) is 3.30. The van der Waals surface area contributed by atoms with Gasteiger partial charge in [-0.3, -0.25) is 4.79 Å². The van der Waals surface area contributed by atoms with Crippen LogP contribution in [0.4, 0.5) is 0 Å². The Morgan fingerprint density at radius 2 is 1.80 bits per heavy atom. The number of hydrogen-bond acceptors (Lipinski definition) is 4. The minimum Gasteiger partial charge on any atom is -0.337 e. The van der Waals surface area contributed by atoms with Gasteiger partial charge >= 0.3 is 0 Å². The van der Waals surface area contributed by atoms with Crippen LogP contribution in [-0.2, 0) is 14.6 Å². The molecule has 2 fully saturated rings. The van der Waals surface area contributed by atoms with Crippen LogP contribution in [0.25, 0.3) is 0 Å². The molecule has 6 heteroatoms. The fraction of sp³-hybridized carbons (Fsp3) is 0.778. The first-order valence-electron chi connectivity index (χ1n) is 4.96. The van der Waals surface area contributed by atoms with Crippen LogP contribution in [-0.4, -0.2) is 50.0 Å². The zero-order valence-corrected chi connectivity index (χ0v) is 9.22. The molecule has 2 aliphatic heterocycles. The monoisotopic (exact) mass is 230 g/mol. The molecule has 0 radical (unpaired) electrons. The summed E-state index contributed by atoms with van der Waals surface area (Å²) in [4.78, 5) is 12.7. The summed E-state index contributed by atoms with van der Waals surface area (Å²) in [6.45, 7) is 1.24. The minimum absolute atomic E-state index is 0.0317. The van der Waals surface area contributed by atoms with Crippen molar-refractivity contribution in [1.82, 2.24) is 4.90 Å². The molecule has 0 aromatic rings. The Morgan fingerprint density at radius 3 is 2.27 bits per heavy atom. The van der Waals surface area contributed by atoms with E-state index < -0.39 is 9.84 Å². The third kappa shape index (κ3) is 1.90. The number of hydrogen-bond donors (Lipinski definition) is 1. The molecule has 5 nitrogen and oxygen atoms in total. The van der Waals surface area contributed by atoms with Crippen LogP contribution in [0.2, 0.25) is 0 Å². The van der Waals surface area contributed by atoms with E-state index in [0.717, 1.165) is 6.21 Å². The van der Waals surface area contributed by atoms with Crippen LogP contribution >= 0.6 is 0 Å². The number of sulfone groups is 1. The first-order chi connectivity index (χ1) is 6.96. The van der Waals surface area contributed by atoms with E-state index in [9.17, 15) is 13.2 Å². The van der Waals surface area contributed by atoms with Gasteiger partial charge in [-0.25, -0.2) is 8.42 Å². The maximum atomic E-state index is 11.2. The molecular formula is C9H14N2O3S. The molecule has 0 aromatic heterocycles. The highest BCUT2D eigenvalue weighted by Crippen LogP contribution is 2.40. The van der Waals surface area contributed by atoms with Crippen molar-refractivity contribution in [2.24, 2.45) is 5.41 Å². The molecule has 2 aliphatic rings. The fourth-order valence-electron chi connectivity index (χ4n) is 2.30. The molecule has 0 unspecified atom stereocenters. The number of nitrogens with one attached hydrogen (secondary N) is 1. The lowest BCUT2D eigenvalue weighted by atomic mass is 9.75. The van der Waals surface area contributed by atoms with Gasteiger partial charge in [-0.05, 0) is 12.8 Å². The number of nitrogens with zero attached hydrogens (tertiary/aromatic N) is 1. The molecule has 15 heavy (non-hydrogen) atoms. The summed E-state index contributed by atoms with van der Waals surface area (Å²) in [6, 6.07) is 0. The zero-order chi connectivity index (χ0) is 11.1. The van der Waals surface area contributed by atoms with Gasteiger partial charge in [0.2, 0.25) is 0 Å². The van der Waals surface area contributed by atoms with Gasteiger partial charge in [-0.1, -0.05) is 0 Å². The largest absolute Gasteiger partial charge is 0.337 e. The Hall–Kier alpha value is -0.910. The van der Waals surface area contributed by atoms with Crippen molar-refractivity contribution in [3.05, 3.63) is 0 Å². The molecular weight excluding hydrogens is 216 g/mol. The second-order valence-corrected chi connectivity index (χ2v) is 6.79. The van der Waals surface area contributed by atoms with Crippen molar-refractivity contribution in [2.45, 2.75) is 12.8 Å². The van der Waals surface area contributed by atoms with Crippen molar-refractivity contribution in [2.75, 3.05) is 24.6 Å². The van der Waals surface area contributed by atoms with Crippen LogP contribution < -0.4 is 0 Å². The Bertz CT molecular complexity index is 380. The van der Waals surface area contributed by atoms with E-state index in [1.807, 2.05) is 0 Å². The first kappa shape index (κ1) is 10.6. The van der Waals surface area contributed by atoms with E-state index in [4.69, 9.17) is 5.41 Å². The summed E-state index contributed by atoms with van der Waals surface area (Å²) in [5, 5.41) is 6.83. The van der Waals surface area contributed by atoms with Crippen LogP contribution in [0.15, 0.2) is 0 Å². The summed E-state index contributed by atoms with van der Waals surface area (Å²) < 4.78 is 22.5. The quantitative estimate of drug-likeness (QED) is 0.627. The topological polar surface area (TPSA) is 78.3 Å². The standard InChI is InChI=1S/C9H14N2O3S/c10-5-8(12)11-6-9(7-11)1-3-15(13,14)4-2-9/h5,10H,1-4,6-7H2. The van der Waals surface area contributed by atoms with Crippen molar-refractivity contribution in [3.8, 4) is 0 Å². The van der Waals surface area contributed by atoms with Gasteiger partial charge in [0.15, 0.2) is 0 Å². The highest BCUT2D eigenvalue weighted by Gasteiger charge is 2.47. The SMILES string of the molecule is N=CC(=O)N1CC2(CCS(=O)(=O)CC2)C1. The smallest absolute Gasteiger partial charge is 0.264 e. The number of amides is 1. The van der Waals surface area contributed by atoms with Crippen LogP contribution in [0, 0.1) is 10.8 Å². The van der Waals surface area contributed by atoms with Gasteiger partial charge in [0.1, 0.15) is 9.84 Å². The number of likely N-dealkylation sites (tertiary alicyclic amines) is 1. The maximum absolute atomic E-state index is 11.2. The fourth-order valence-corrected chi connectivity index (χ4v) is 3.99. The molecule has 1 N–H and O–H groups in total. The summed E-state index contributed by atoms with van der Waals surface area (Å²) in [5.74, 6) is 0.230. The predicted octanol–water partition coefficient (Wildman–Crippen LogP) is -0.327. The van der Waals surface area contributed by atoms with Crippen LogP contribution in [0.5, 0.6) is 0 Å². The molecule has 2 rings (SSSR count). The van der Waals surface area contributed by atoms with Crippen LogP contribution in [0.3, 0.4) is 0 Å². The maximum Gasteiger partial charge on any atom is 0.264 e. The Labute approximate surface area is 88.9 Å². The van der Waals surface area contributed by atoms with Gasteiger partial charge in [0.25, 0.3) is 5.91 Å². The molecule has 0 saturated carbocycles. The summed E-state index contributed by atoms with van der Waals surface area (Å²) >= 11 is 0. The Balaban J connectivity index is 1.94. The third-order valence-corrected chi connectivity index (χ3v) is 5.03. The minimum atomic E-state index is -2.82. The van der Waals surface area contributed by atoms with Crippen molar-refractivity contribution in [1.29, 1.82) is 5.41 Å². The zero-order valence-electron chi connectivity index (χ0n) is 8.40. The van der Waals surface area contributed by atoms with Gasteiger partial charge in [0.05, 0.1) is 17.7 Å². The summed E-state index contributed by atoms with van der Waals surface area (Å²) in [6.07, 6.45) is 2.14. The average molecular weight is 230 g/mol. The highest BCUT2D eigenvalue weighted by molar-refractivity contribution is 7.91. The Morgan fingerprint density at radius 1 is 1.27 bits per heavy atom.